The van der Waals surface area contributed by atoms with Gasteiger partial charge >= 0.3 is 6.03 Å². The van der Waals surface area contributed by atoms with Crippen LogP contribution in [0.1, 0.15) is 15.9 Å². The van der Waals surface area contributed by atoms with Crippen molar-refractivity contribution in [1.82, 2.24) is 9.38 Å². The maximum Gasteiger partial charge on any atom is 0.316 e. The van der Waals surface area contributed by atoms with E-state index in [0.29, 0.717) is 17.0 Å². The molecular formula is C17H15N5O3. The molecule has 0 fully saturated rings. The van der Waals surface area contributed by atoms with Gasteiger partial charge in [0.05, 0.1) is 0 Å². The topological polar surface area (TPSA) is 119 Å². The molecule has 3 rings (SSSR count). The van der Waals surface area contributed by atoms with Gasteiger partial charge in [0.15, 0.2) is 0 Å². The van der Waals surface area contributed by atoms with Gasteiger partial charge in [-0.3, -0.25) is 14.0 Å². The van der Waals surface area contributed by atoms with Crippen molar-refractivity contribution in [2.75, 3.05) is 10.6 Å². The number of rotatable bonds is 3. The summed E-state index contributed by atoms with van der Waals surface area (Å²) in [5.74, 6) is -0.593. The third-order valence-corrected chi connectivity index (χ3v) is 3.48. The minimum Gasteiger partial charge on any atom is -0.351 e. The molecule has 0 spiro atoms. The minimum absolute atomic E-state index is 0.0867. The maximum absolute atomic E-state index is 12.5. The molecule has 4 N–H and O–H groups in total. The van der Waals surface area contributed by atoms with Gasteiger partial charge in [0.25, 0.3) is 11.5 Å². The van der Waals surface area contributed by atoms with Crippen LogP contribution in [0, 0.1) is 6.92 Å². The Morgan fingerprint density at radius 1 is 1.12 bits per heavy atom. The van der Waals surface area contributed by atoms with E-state index >= 15 is 0 Å². The van der Waals surface area contributed by atoms with Crippen LogP contribution >= 0.6 is 0 Å². The SMILES string of the molecule is Cc1ccc2ncc(C(=O)Nc3cccc(NC(N)=O)c3)c(=O)n2c1. The van der Waals surface area contributed by atoms with Crippen molar-refractivity contribution in [2.45, 2.75) is 6.92 Å². The second kappa shape index (κ2) is 6.44. The summed E-state index contributed by atoms with van der Waals surface area (Å²) in [5, 5.41) is 5.02. The van der Waals surface area contributed by atoms with Crippen molar-refractivity contribution in [1.29, 1.82) is 0 Å². The number of nitrogens with two attached hydrogens (primary N) is 1. The molecular weight excluding hydrogens is 322 g/mol. The quantitative estimate of drug-likeness (QED) is 0.674. The third-order valence-electron chi connectivity index (χ3n) is 3.48. The highest BCUT2D eigenvalue weighted by molar-refractivity contribution is 6.04. The number of nitrogens with zero attached hydrogens (tertiary/aromatic N) is 2. The van der Waals surface area contributed by atoms with Gasteiger partial charge in [-0.05, 0) is 36.8 Å². The summed E-state index contributed by atoms with van der Waals surface area (Å²) in [6.07, 6.45) is 2.87. The number of hydrogen-bond donors (Lipinski definition) is 3. The first-order valence-corrected chi connectivity index (χ1v) is 7.40. The van der Waals surface area contributed by atoms with Crippen LogP contribution in [0.25, 0.3) is 5.65 Å². The number of aryl methyl sites for hydroxylation is 1. The molecule has 0 aliphatic heterocycles. The van der Waals surface area contributed by atoms with E-state index in [4.69, 9.17) is 5.73 Å². The Morgan fingerprint density at radius 2 is 1.84 bits per heavy atom. The molecule has 2 aromatic heterocycles. The van der Waals surface area contributed by atoms with Gasteiger partial charge in [0, 0.05) is 23.8 Å². The summed E-state index contributed by atoms with van der Waals surface area (Å²) < 4.78 is 1.33. The number of carbonyl (C=O) groups is 2. The smallest absolute Gasteiger partial charge is 0.316 e. The molecule has 0 bridgehead atoms. The van der Waals surface area contributed by atoms with Crippen LogP contribution < -0.4 is 21.9 Å². The number of fused-ring (bicyclic) bond motifs is 1. The lowest BCUT2D eigenvalue weighted by Gasteiger charge is -2.08. The largest absolute Gasteiger partial charge is 0.351 e. The standard InChI is InChI=1S/C17H15N5O3/c1-10-5-6-14-19-8-13(16(24)22(14)9-10)15(23)20-11-3-2-4-12(7-11)21-17(18)25/h2-9H,1H3,(H,20,23)(H3,18,21,25). The lowest BCUT2D eigenvalue weighted by Crippen LogP contribution is -2.26. The lowest BCUT2D eigenvalue weighted by molar-refractivity contribution is 0.102. The molecule has 0 radical (unpaired) electrons. The van der Waals surface area contributed by atoms with Gasteiger partial charge in [0.1, 0.15) is 11.2 Å². The zero-order valence-corrected chi connectivity index (χ0v) is 13.3. The van der Waals surface area contributed by atoms with Crippen molar-refractivity contribution in [3.8, 4) is 0 Å². The Balaban J connectivity index is 1.91. The first kappa shape index (κ1) is 16.2. The fourth-order valence-electron chi connectivity index (χ4n) is 2.35. The Hall–Kier alpha value is -3.68. The second-order valence-corrected chi connectivity index (χ2v) is 5.44. The molecule has 0 unspecified atom stereocenters. The van der Waals surface area contributed by atoms with E-state index < -0.39 is 17.5 Å². The van der Waals surface area contributed by atoms with Crippen LogP contribution in [-0.2, 0) is 0 Å². The number of amides is 3. The predicted molar refractivity (Wildman–Crippen MR) is 93.8 cm³/mol. The molecule has 25 heavy (non-hydrogen) atoms. The van der Waals surface area contributed by atoms with Gasteiger partial charge in [-0.2, -0.15) is 0 Å². The van der Waals surface area contributed by atoms with Crippen molar-refractivity contribution in [3.05, 3.63) is 70.3 Å². The van der Waals surface area contributed by atoms with E-state index in [1.54, 1.807) is 30.5 Å². The van der Waals surface area contributed by atoms with Gasteiger partial charge in [-0.25, -0.2) is 9.78 Å². The molecule has 0 saturated heterocycles. The lowest BCUT2D eigenvalue weighted by atomic mass is 10.2. The zero-order valence-electron chi connectivity index (χ0n) is 13.3. The minimum atomic E-state index is -0.712. The number of aromatic nitrogens is 2. The Morgan fingerprint density at radius 3 is 2.56 bits per heavy atom. The van der Waals surface area contributed by atoms with Gasteiger partial charge < -0.3 is 16.4 Å². The number of carbonyl (C=O) groups excluding carboxylic acids is 2. The molecule has 126 valence electrons. The van der Waals surface area contributed by atoms with E-state index in [1.807, 2.05) is 13.0 Å². The summed E-state index contributed by atoms with van der Waals surface area (Å²) >= 11 is 0. The highest BCUT2D eigenvalue weighted by Crippen LogP contribution is 2.15. The Kier molecular flexibility index (Phi) is 4.17. The molecule has 8 heteroatoms. The number of anilines is 2. The van der Waals surface area contributed by atoms with Crippen molar-refractivity contribution >= 4 is 29.0 Å². The molecule has 3 aromatic rings. The summed E-state index contributed by atoms with van der Waals surface area (Å²) in [5.41, 5.74) is 6.68. The van der Waals surface area contributed by atoms with Gasteiger partial charge in [-0.15, -0.1) is 0 Å². The normalized spacial score (nSPS) is 10.4. The second-order valence-electron chi connectivity index (χ2n) is 5.44. The number of pyridine rings is 1. The molecule has 0 aliphatic carbocycles. The van der Waals surface area contributed by atoms with Gasteiger partial charge in [-0.1, -0.05) is 12.1 Å². The zero-order chi connectivity index (χ0) is 18.0. The number of urea groups is 1. The van der Waals surface area contributed by atoms with Crippen LogP contribution in [0.2, 0.25) is 0 Å². The van der Waals surface area contributed by atoms with Crippen molar-refractivity contribution < 1.29 is 9.59 Å². The predicted octanol–water partition coefficient (Wildman–Crippen LogP) is 1.75. The summed E-state index contributed by atoms with van der Waals surface area (Å²) in [4.78, 5) is 40.0. The maximum atomic E-state index is 12.5. The molecule has 3 amide bonds. The Bertz CT molecular complexity index is 1040. The van der Waals surface area contributed by atoms with E-state index in [-0.39, 0.29) is 5.56 Å². The highest BCUT2D eigenvalue weighted by atomic mass is 16.2. The summed E-state index contributed by atoms with van der Waals surface area (Å²) in [6, 6.07) is 9.23. The third kappa shape index (κ3) is 3.47. The summed E-state index contributed by atoms with van der Waals surface area (Å²) in [6.45, 7) is 1.84. The molecule has 1 aromatic carbocycles. The molecule has 2 heterocycles. The number of benzene rings is 1. The fourth-order valence-corrected chi connectivity index (χ4v) is 2.35. The van der Waals surface area contributed by atoms with Crippen LogP contribution in [-0.4, -0.2) is 21.3 Å². The van der Waals surface area contributed by atoms with Crippen LogP contribution in [0.4, 0.5) is 16.2 Å². The molecule has 0 saturated carbocycles. The van der Waals surface area contributed by atoms with Crippen LogP contribution in [0.5, 0.6) is 0 Å². The van der Waals surface area contributed by atoms with Crippen LogP contribution in [0.15, 0.2) is 53.6 Å². The van der Waals surface area contributed by atoms with E-state index in [1.165, 1.54) is 16.7 Å². The highest BCUT2D eigenvalue weighted by Gasteiger charge is 2.14. The number of primary amides is 1. The van der Waals surface area contributed by atoms with Crippen LogP contribution in [0.3, 0.4) is 0 Å². The van der Waals surface area contributed by atoms with E-state index in [9.17, 15) is 14.4 Å². The van der Waals surface area contributed by atoms with E-state index in [2.05, 4.69) is 15.6 Å². The fraction of sp³-hybridized carbons (Fsp3) is 0.0588. The van der Waals surface area contributed by atoms with Gasteiger partial charge in [0.2, 0.25) is 0 Å². The van der Waals surface area contributed by atoms with Crippen molar-refractivity contribution in [2.24, 2.45) is 5.73 Å². The average molecular weight is 337 g/mol. The monoisotopic (exact) mass is 337 g/mol. The molecule has 0 atom stereocenters. The summed E-state index contributed by atoms with van der Waals surface area (Å²) in [7, 11) is 0. The molecule has 0 aliphatic rings. The average Bonchev–Trinajstić information content (AvgIpc) is 2.55. The number of hydrogen-bond acceptors (Lipinski definition) is 4. The molecule has 8 nitrogen and oxygen atoms in total. The first-order valence-electron chi connectivity index (χ1n) is 7.40. The Labute approximate surface area is 142 Å². The van der Waals surface area contributed by atoms with Crippen molar-refractivity contribution in [3.63, 3.8) is 0 Å². The van der Waals surface area contributed by atoms with E-state index in [0.717, 1.165) is 5.56 Å². The first-order chi connectivity index (χ1) is 11.9. The number of nitrogens with one attached hydrogen (secondary N) is 2.